The van der Waals surface area contributed by atoms with Crippen molar-refractivity contribution in [2.24, 2.45) is 0 Å². The van der Waals surface area contributed by atoms with Crippen LogP contribution in [0.15, 0.2) is 24.5 Å². The zero-order valence-electron chi connectivity index (χ0n) is 6.59. The molecule has 0 spiro atoms. The van der Waals surface area contributed by atoms with E-state index in [2.05, 4.69) is 11.3 Å². The smallest absolute Gasteiger partial charge is 0.335 e. The van der Waals surface area contributed by atoms with E-state index in [1.54, 1.807) is 6.92 Å². The number of carbonyl (C=O) groups excluding carboxylic acids is 2. The van der Waals surface area contributed by atoms with Crippen molar-refractivity contribution in [3.63, 3.8) is 0 Å². The van der Waals surface area contributed by atoms with Gasteiger partial charge in [-0.15, -0.1) is 0 Å². The molecule has 0 fully saturated rings. The maximum absolute atomic E-state index is 10.6. The molecule has 0 aromatic heterocycles. The van der Waals surface area contributed by atoms with Crippen LogP contribution in [-0.4, -0.2) is 11.8 Å². The highest BCUT2D eigenvalue weighted by molar-refractivity contribution is 5.94. The summed E-state index contributed by atoms with van der Waals surface area (Å²) in [6.07, 6.45) is 2.74. The second-order valence-electron chi connectivity index (χ2n) is 1.90. The van der Waals surface area contributed by atoms with Crippen LogP contribution in [0.4, 0.5) is 0 Å². The largest absolute Gasteiger partial charge is 0.420 e. The summed E-state index contributed by atoms with van der Waals surface area (Å²) in [6.45, 7) is 6.21. The molecule has 0 heterocycles. The van der Waals surface area contributed by atoms with E-state index in [1.807, 2.05) is 0 Å². The van der Waals surface area contributed by atoms with Gasteiger partial charge in [-0.3, -0.25) is 4.79 Å². The Morgan fingerprint density at radius 1 is 1.45 bits per heavy atom. The Hall–Kier alpha value is -1.38. The van der Waals surface area contributed by atoms with Gasteiger partial charge in [-0.2, -0.15) is 0 Å². The Kier molecular flexibility index (Phi) is 3.88. The normalized spacial score (nSPS) is 9.64. The zero-order valence-corrected chi connectivity index (χ0v) is 6.59. The van der Waals surface area contributed by atoms with Crippen molar-refractivity contribution in [1.29, 1.82) is 0 Å². The number of hydrogen-bond acceptors (Lipinski definition) is 3. The molecule has 0 rings (SSSR count). The van der Waals surface area contributed by atoms with Crippen LogP contribution in [0, 0.1) is 0 Å². The third kappa shape index (κ3) is 4.08. The van der Waals surface area contributed by atoms with Gasteiger partial charge >= 0.3 is 5.97 Å². The number of ether oxygens (including phenoxy) is 1. The van der Waals surface area contributed by atoms with Gasteiger partial charge in [0.05, 0.1) is 0 Å². The zero-order chi connectivity index (χ0) is 8.85. The van der Waals surface area contributed by atoms with Crippen molar-refractivity contribution in [3.8, 4) is 0 Å². The Balaban J connectivity index is 3.96. The molecule has 0 unspecified atom stereocenters. The van der Waals surface area contributed by atoms with Crippen molar-refractivity contribution in [1.82, 2.24) is 0 Å². The first-order valence-corrected chi connectivity index (χ1v) is 3.12. The molecule has 0 radical (unpaired) electrons. The summed E-state index contributed by atoms with van der Waals surface area (Å²) in [6, 6.07) is 0. The predicted octanol–water partition coefficient (Wildman–Crippen LogP) is 1.21. The summed E-state index contributed by atoms with van der Waals surface area (Å²) in [5.74, 6) is -1.05. The van der Waals surface area contributed by atoms with Gasteiger partial charge in [-0.1, -0.05) is 12.7 Å². The third-order valence-corrected chi connectivity index (χ3v) is 0.919. The lowest BCUT2D eigenvalue weighted by Gasteiger charge is -1.98. The highest BCUT2D eigenvalue weighted by atomic mass is 16.5. The molecule has 0 saturated heterocycles. The lowest BCUT2D eigenvalue weighted by molar-refractivity contribution is -0.137. The second kappa shape index (κ2) is 4.44. The average Bonchev–Trinajstić information content (AvgIpc) is 1.87. The van der Waals surface area contributed by atoms with Crippen molar-refractivity contribution in [3.05, 3.63) is 24.5 Å². The van der Waals surface area contributed by atoms with Crippen molar-refractivity contribution >= 4 is 11.8 Å². The molecule has 0 amide bonds. The van der Waals surface area contributed by atoms with Gasteiger partial charge in [0.15, 0.2) is 11.5 Å². The van der Waals surface area contributed by atoms with E-state index >= 15 is 0 Å². The second-order valence-corrected chi connectivity index (χ2v) is 1.90. The Bertz CT molecular complexity index is 213. The van der Waals surface area contributed by atoms with E-state index in [1.165, 1.54) is 19.1 Å². The Morgan fingerprint density at radius 2 is 2.00 bits per heavy atom. The fourth-order valence-electron chi connectivity index (χ4n) is 0.363. The topological polar surface area (TPSA) is 43.4 Å². The highest BCUT2D eigenvalue weighted by Gasteiger charge is 2.04. The van der Waals surface area contributed by atoms with E-state index in [-0.39, 0.29) is 11.5 Å². The molecule has 0 bridgehead atoms. The summed E-state index contributed by atoms with van der Waals surface area (Å²) in [7, 11) is 0. The maximum Gasteiger partial charge on any atom is 0.335 e. The minimum absolute atomic E-state index is 0.131. The monoisotopic (exact) mass is 154 g/mol. The summed E-state index contributed by atoms with van der Waals surface area (Å²) in [5.41, 5.74) is 0. The van der Waals surface area contributed by atoms with Crippen LogP contribution in [0.1, 0.15) is 13.8 Å². The molecule has 0 N–H and O–H groups in total. The lowest BCUT2D eigenvalue weighted by atomic mass is 10.4. The number of allylic oxidation sites excluding steroid dienone is 2. The molecule has 0 aromatic carbocycles. The number of hydrogen-bond donors (Lipinski definition) is 0. The summed E-state index contributed by atoms with van der Waals surface area (Å²) >= 11 is 0. The molecular formula is C8H10O3. The quantitative estimate of drug-likeness (QED) is 0.348. The summed E-state index contributed by atoms with van der Waals surface area (Å²) in [5, 5.41) is 0. The van der Waals surface area contributed by atoms with Gasteiger partial charge in [0.2, 0.25) is 0 Å². The van der Waals surface area contributed by atoms with Crippen molar-refractivity contribution in [2.45, 2.75) is 13.8 Å². The van der Waals surface area contributed by atoms with Crippen molar-refractivity contribution < 1.29 is 14.3 Å². The minimum Gasteiger partial charge on any atom is -0.420 e. The molecule has 60 valence electrons. The number of ketones is 1. The third-order valence-electron chi connectivity index (χ3n) is 0.919. The average molecular weight is 154 g/mol. The van der Waals surface area contributed by atoms with E-state index in [0.717, 1.165) is 0 Å². The van der Waals surface area contributed by atoms with E-state index in [0.29, 0.717) is 0 Å². The van der Waals surface area contributed by atoms with Crippen LogP contribution in [0.5, 0.6) is 0 Å². The van der Waals surface area contributed by atoms with Gasteiger partial charge in [-0.05, 0) is 6.92 Å². The van der Waals surface area contributed by atoms with Crippen LogP contribution in [-0.2, 0) is 14.3 Å². The number of carbonyl (C=O) groups is 2. The number of esters is 1. The van der Waals surface area contributed by atoms with E-state index in [9.17, 15) is 9.59 Å². The Morgan fingerprint density at radius 3 is 2.36 bits per heavy atom. The molecular weight excluding hydrogens is 144 g/mol. The SMILES string of the molecule is C=C(OC(=O)/C=C/C)C(C)=O. The van der Waals surface area contributed by atoms with Gasteiger partial charge in [-0.25, -0.2) is 4.79 Å². The fourth-order valence-corrected chi connectivity index (χ4v) is 0.363. The highest BCUT2D eigenvalue weighted by Crippen LogP contribution is 1.95. The van der Waals surface area contributed by atoms with Crippen LogP contribution in [0.25, 0.3) is 0 Å². The molecule has 3 nitrogen and oxygen atoms in total. The standard InChI is InChI=1S/C8H10O3/c1-4-5-8(10)11-7(3)6(2)9/h4-5H,3H2,1-2H3/b5-4+. The van der Waals surface area contributed by atoms with Crippen LogP contribution in [0.3, 0.4) is 0 Å². The molecule has 0 saturated carbocycles. The van der Waals surface area contributed by atoms with E-state index in [4.69, 9.17) is 0 Å². The number of rotatable bonds is 3. The summed E-state index contributed by atoms with van der Waals surface area (Å²) in [4.78, 5) is 21.1. The van der Waals surface area contributed by atoms with Crippen LogP contribution in [0.2, 0.25) is 0 Å². The fraction of sp³-hybridized carbons (Fsp3) is 0.250. The van der Waals surface area contributed by atoms with Crippen molar-refractivity contribution in [2.75, 3.05) is 0 Å². The molecule has 0 atom stereocenters. The first-order valence-electron chi connectivity index (χ1n) is 3.12. The summed E-state index contributed by atoms with van der Waals surface area (Å²) < 4.78 is 4.48. The molecule has 0 aromatic rings. The van der Waals surface area contributed by atoms with Gasteiger partial charge in [0, 0.05) is 13.0 Å². The van der Waals surface area contributed by atoms with Crippen LogP contribution >= 0.6 is 0 Å². The number of Topliss-reactive ketones (excluding diaryl/α,β-unsaturated/α-hetero) is 1. The molecule has 11 heavy (non-hydrogen) atoms. The molecule has 3 heteroatoms. The molecule has 0 aliphatic rings. The maximum atomic E-state index is 10.6. The van der Waals surface area contributed by atoms with Gasteiger partial charge < -0.3 is 4.74 Å². The van der Waals surface area contributed by atoms with Crippen LogP contribution < -0.4 is 0 Å². The Labute approximate surface area is 65.4 Å². The lowest BCUT2D eigenvalue weighted by Crippen LogP contribution is -2.05. The first-order chi connectivity index (χ1) is 5.07. The van der Waals surface area contributed by atoms with Gasteiger partial charge in [0.25, 0.3) is 0 Å². The van der Waals surface area contributed by atoms with Gasteiger partial charge in [0.1, 0.15) is 0 Å². The molecule has 0 aliphatic heterocycles. The molecule has 0 aliphatic carbocycles. The first kappa shape index (κ1) is 9.62. The van der Waals surface area contributed by atoms with E-state index < -0.39 is 5.97 Å². The minimum atomic E-state index is -0.576. The predicted molar refractivity (Wildman–Crippen MR) is 40.7 cm³/mol.